The van der Waals surface area contributed by atoms with Crippen molar-refractivity contribution in [3.63, 3.8) is 0 Å². The molecule has 0 bridgehead atoms. The van der Waals surface area contributed by atoms with E-state index in [1.807, 2.05) is 24.3 Å². The van der Waals surface area contributed by atoms with E-state index in [1.54, 1.807) is 36.4 Å². The van der Waals surface area contributed by atoms with E-state index in [1.165, 1.54) is 12.5 Å². The maximum Gasteiger partial charge on any atom is 0.188 e. The van der Waals surface area contributed by atoms with Crippen molar-refractivity contribution in [3.8, 4) is 22.6 Å². The Bertz CT molecular complexity index is 1230. The summed E-state index contributed by atoms with van der Waals surface area (Å²) in [6, 6.07) is 18.3. The molecule has 3 rings (SSSR count). The predicted molar refractivity (Wildman–Crippen MR) is 172 cm³/mol. The third-order valence-corrected chi connectivity index (χ3v) is 7.20. The van der Waals surface area contributed by atoms with Crippen molar-refractivity contribution in [1.82, 2.24) is 0 Å². The third-order valence-electron chi connectivity index (χ3n) is 7.20. The van der Waals surface area contributed by atoms with Crippen molar-refractivity contribution < 1.29 is 32.5 Å². The zero-order chi connectivity index (χ0) is 31.2. The molecule has 0 N–H and O–H groups in total. The van der Waals surface area contributed by atoms with Crippen LogP contribution in [-0.4, -0.2) is 33.2 Å². The molecule has 0 heterocycles. The molecule has 0 unspecified atom stereocenters. The number of halogens is 2. The number of ether oxygens (including phenoxy) is 5. The average Bonchev–Trinajstić information content (AvgIpc) is 3.05. The van der Waals surface area contributed by atoms with Crippen molar-refractivity contribution in [3.05, 3.63) is 109 Å². The van der Waals surface area contributed by atoms with Gasteiger partial charge < -0.3 is 23.7 Å². The minimum Gasteiger partial charge on any atom is -0.502 e. The number of aryl methyl sites for hydroxylation is 2. The first-order valence-corrected chi connectivity index (χ1v) is 15.6. The number of hydrogen-bond acceptors (Lipinski definition) is 5. The number of unbranched alkanes of at least 4 members (excludes halogenated alkanes) is 6. The lowest BCUT2D eigenvalue weighted by molar-refractivity contribution is -0.0123. The van der Waals surface area contributed by atoms with E-state index in [4.69, 9.17) is 23.7 Å². The molecule has 0 amide bonds. The standard InChI is InChI=1S/C37H46F2O5/c1-3-40-25-9-5-7-11-27-43-33-20-14-30(15-21-33)13-16-32-19-24-35(37(39)36(32)38)31-17-22-34(23-18-31)44-28-12-8-6-10-26-42-29-41-4-2/h3-4,14-15,17-24H,1-2,5-13,16,25-29H2. The highest BCUT2D eigenvalue weighted by Gasteiger charge is 2.15. The first-order chi connectivity index (χ1) is 21.6. The second-order valence-corrected chi connectivity index (χ2v) is 10.5. The molecule has 0 saturated carbocycles. The molecule has 0 aromatic heterocycles. The summed E-state index contributed by atoms with van der Waals surface area (Å²) in [6.07, 6.45) is 12.0. The van der Waals surface area contributed by atoms with Crippen LogP contribution in [0.2, 0.25) is 0 Å². The summed E-state index contributed by atoms with van der Waals surface area (Å²) in [6.45, 7) is 9.87. The number of rotatable bonds is 24. The van der Waals surface area contributed by atoms with Gasteiger partial charge in [-0.05, 0) is 98.7 Å². The number of benzene rings is 3. The molecule has 238 valence electrons. The fourth-order valence-electron chi connectivity index (χ4n) is 4.69. The van der Waals surface area contributed by atoms with Crippen LogP contribution in [-0.2, 0) is 27.1 Å². The van der Waals surface area contributed by atoms with Crippen molar-refractivity contribution >= 4 is 0 Å². The molecule has 3 aromatic carbocycles. The van der Waals surface area contributed by atoms with E-state index >= 15 is 8.78 Å². The second-order valence-electron chi connectivity index (χ2n) is 10.5. The van der Waals surface area contributed by atoms with Gasteiger partial charge in [0.1, 0.15) is 11.5 Å². The molecule has 0 atom stereocenters. The minimum absolute atomic E-state index is 0.241. The zero-order valence-electron chi connectivity index (χ0n) is 25.7. The smallest absolute Gasteiger partial charge is 0.188 e. The summed E-state index contributed by atoms with van der Waals surface area (Å²) in [7, 11) is 0. The number of hydrogen-bond donors (Lipinski definition) is 0. The largest absolute Gasteiger partial charge is 0.502 e. The van der Waals surface area contributed by atoms with Crippen LogP contribution < -0.4 is 9.47 Å². The predicted octanol–water partition coefficient (Wildman–Crippen LogP) is 9.59. The topological polar surface area (TPSA) is 46.2 Å². The quantitative estimate of drug-likeness (QED) is 0.0576. The van der Waals surface area contributed by atoms with Gasteiger partial charge in [-0.25, -0.2) is 8.78 Å². The Morgan fingerprint density at radius 1 is 0.545 bits per heavy atom. The van der Waals surface area contributed by atoms with Gasteiger partial charge >= 0.3 is 0 Å². The van der Waals surface area contributed by atoms with Crippen LogP contribution in [0, 0.1) is 11.6 Å². The SMILES string of the molecule is C=COCCCCCCOc1ccc(CCc2ccc(-c3ccc(OCCCCCCOCOC=C)cc3)c(F)c2F)cc1. The van der Waals surface area contributed by atoms with E-state index in [2.05, 4.69) is 13.2 Å². The molecule has 0 fully saturated rings. The van der Waals surface area contributed by atoms with Gasteiger partial charge in [0.25, 0.3) is 0 Å². The highest BCUT2D eigenvalue weighted by molar-refractivity contribution is 5.65. The summed E-state index contributed by atoms with van der Waals surface area (Å²) >= 11 is 0. The van der Waals surface area contributed by atoms with Crippen LogP contribution in [0.15, 0.2) is 86.3 Å². The van der Waals surface area contributed by atoms with Crippen LogP contribution in [0.3, 0.4) is 0 Å². The molecule has 0 aliphatic carbocycles. The Morgan fingerprint density at radius 2 is 1.11 bits per heavy atom. The molecular weight excluding hydrogens is 562 g/mol. The van der Waals surface area contributed by atoms with Gasteiger partial charge in [0.05, 0.1) is 39.0 Å². The maximum absolute atomic E-state index is 15.1. The van der Waals surface area contributed by atoms with Gasteiger partial charge in [0.15, 0.2) is 18.4 Å². The van der Waals surface area contributed by atoms with E-state index < -0.39 is 11.6 Å². The van der Waals surface area contributed by atoms with Gasteiger partial charge in [0.2, 0.25) is 0 Å². The summed E-state index contributed by atoms with van der Waals surface area (Å²) in [5.74, 6) is -0.0989. The van der Waals surface area contributed by atoms with Crippen molar-refractivity contribution in [2.45, 2.75) is 64.2 Å². The molecule has 0 aliphatic heterocycles. The van der Waals surface area contributed by atoms with E-state index in [9.17, 15) is 0 Å². The molecule has 0 saturated heterocycles. The first-order valence-electron chi connectivity index (χ1n) is 15.6. The van der Waals surface area contributed by atoms with Crippen LogP contribution in [0.5, 0.6) is 11.5 Å². The Balaban J connectivity index is 1.37. The lowest BCUT2D eigenvalue weighted by Gasteiger charge is -2.11. The molecule has 5 nitrogen and oxygen atoms in total. The third kappa shape index (κ3) is 12.8. The zero-order valence-corrected chi connectivity index (χ0v) is 25.7. The van der Waals surface area contributed by atoms with Crippen LogP contribution in [0.1, 0.15) is 62.5 Å². The van der Waals surface area contributed by atoms with E-state index in [-0.39, 0.29) is 12.4 Å². The Morgan fingerprint density at radius 3 is 1.73 bits per heavy atom. The Labute approximate surface area is 261 Å². The molecule has 0 radical (unpaired) electrons. The molecule has 44 heavy (non-hydrogen) atoms. The van der Waals surface area contributed by atoms with Gasteiger partial charge in [-0.1, -0.05) is 56.0 Å². The monoisotopic (exact) mass is 608 g/mol. The molecule has 0 spiro atoms. The van der Waals surface area contributed by atoms with Gasteiger partial charge in [-0.2, -0.15) is 0 Å². The van der Waals surface area contributed by atoms with Gasteiger partial charge in [0, 0.05) is 5.56 Å². The molecule has 7 heteroatoms. The Kier molecular flexibility index (Phi) is 16.5. The lowest BCUT2D eigenvalue weighted by atomic mass is 9.99. The summed E-state index contributed by atoms with van der Waals surface area (Å²) in [5, 5.41) is 0. The fourth-order valence-corrected chi connectivity index (χ4v) is 4.69. The van der Waals surface area contributed by atoms with E-state index in [0.29, 0.717) is 56.1 Å². The van der Waals surface area contributed by atoms with Crippen molar-refractivity contribution in [2.24, 2.45) is 0 Å². The fraction of sp³-hybridized carbons (Fsp3) is 0.405. The highest BCUT2D eigenvalue weighted by Crippen LogP contribution is 2.29. The molecule has 0 aliphatic rings. The van der Waals surface area contributed by atoms with Crippen molar-refractivity contribution in [1.29, 1.82) is 0 Å². The van der Waals surface area contributed by atoms with Crippen LogP contribution >= 0.6 is 0 Å². The highest BCUT2D eigenvalue weighted by atomic mass is 19.2. The van der Waals surface area contributed by atoms with Crippen LogP contribution in [0.25, 0.3) is 11.1 Å². The minimum atomic E-state index is -0.826. The van der Waals surface area contributed by atoms with Gasteiger partial charge in [-0.3, -0.25) is 0 Å². The maximum atomic E-state index is 15.1. The normalized spacial score (nSPS) is 10.8. The summed E-state index contributed by atoms with van der Waals surface area (Å²) in [4.78, 5) is 0. The van der Waals surface area contributed by atoms with Crippen LogP contribution in [0.4, 0.5) is 8.78 Å². The van der Waals surface area contributed by atoms with Gasteiger partial charge in [-0.15, -0.1) is 0 Å². The molecule has 3 aromatic rings. The first kappa shape index (κ1) is 34.6. The Hall–Kier alpha value is -3.84. The molecular formula is C37H46F2O5. The van der Waals surface area contributed by atoms with E-state index in [0.717, 1.165) is 62.7 Å². The lowest BCUT2D eigenvalue weighted by Crippen LogP contribution is -2.01. The average molecular weight is 609 g/mol. The van der Waals surface area contributed by atoms with Crippen molar-refractivity contribution in [2.75, 3.05) is 33.2 Å². The summed E-state index contributed by atoms with van der Waals surface area (Å²) < 4.78 is 57.0. The summed E-state index contributed by atoms with van der Waals surface area (Å²) in [5.41, 5.74) is 2.26. The second kappa shape index (κ2) is 21.0.